The molecule has 0 aliphatic heterocycles. The van der Waals surface area contributed by atoms with Crippen molar-refractivity contribution in [3.63, 3.8) is 0 Å². The number of ether oxygens (including phenoxy) is 1. The number of amides is 3. The van der Waals surface area contributed by atoms with E-state index in [1.165, 1.54) is 0 Å². The summed E-state index contributed by atoms with van der Waals surface area (Å²) < 4.78 is 6.47. The van der Waals surface area contributed by atoms with E-state index in [1.54, 1.807) is 68.4 Å². The van der Waals surface area contributed by atoms with Crippen molar-refractivity contribution in [1.82, 2.24) is 15.1 Å². The molecule has 3 N–H and O–H groups in total. The van der Waals surface area contributed by atoms with Gasteiger partial charge in [0, 0.05) is 5.39 Å². The molecule has 3 amide bonds. The lowest BCUT2D eigenvalue weighted by Crippen LogP contribution is -2.45. The first-order valence-electron chi connectivity index (χ1n) is 9.18. The number of nitrogens with zero attached hydrogens (tertiary/aromatic N) is 2. The molecule has 0 radical (unpaired) electrons. The smallest absolute Gasteiger partial charge is 0.360 e. The normalized spacial score (nSPS) is 11.8. The van der Waals surface area contributed by atoms with Gasteiger partial charge in [-0.3, -0.25) is 14.9 Å². The highest BCUT2D eigenvalue weighted by atomic mass is 16.5. The Labute approximate surface area is 171 Å². The summed E-state index contributed by atoms with van der Waals surface area (Å²) in [6.45, 7) is 3.30. The fourth-order valence-electron chi connectivity index (χ4n) is 2.94. The summed E-state index contributed by atoms with van der Waals surface area (Å²) in [5, 5.41) is 6.68. The number of nitrogens with one attached hydrogen (secondary N) is 1. The van der Waals surface area contributed by atoms with Gasteiger partial charge in [-0.05, 0) is 24.1 Å². The molecule has 0 unspecified atom stereocenters. The Hall–Kier alpha value is -4.01. The van der Waals surface area contributed by atoms with Crippen molar-refractivity contribution in [2.45, 2.75) is 20.0 Å². The number of hydrogen-bond acceptors (Lipinski definition) is 6. The van der Waals surface area contributed by atoms with Crippen LogP contribution < -0.4 is 16.6 Å². The number of aromatic nitrogens is 2. The highest BCUT2D eigenvalue weighted by molar-refractivity contribution is 6.04. The summed E-state index contributed by atoms with van der Waals surface area (Å²) in [6, 6.07) is 14.0. The third-order valence-corrected chi connectivity index (χ3v) is 4.34. The van der Waals surface area contributed by atoms with Gasteiger partial charge in [-0.15, -0.1) is 0 Å². The van der Waals surface area contributed by atoms with E-state index in [0.717, 1.165) is 4.68 Å². The average molecular weight is 408 g/mol. The minimum absolute atomic E-state index is 0.133. The number of urea groups is 1. The van der Waals surface area contributed by atoms with Crippen LogP contribution in [0.1, 0.15) is 24.3 Å². The van der Waals surface area contributed by atoms with Crippen molar-refractivity contribution in [3.05, 3.63) is 70.6 Å². The highest BCUT2D eigenvalue weighted by Gasteiger charge is 2.29. The van der Waals surface area contributed by atoms with Crippen molar-refractivity contribution in [3.8, 4) is 5.69 Å². The number of benzene rings is 2. The van der Waals surface area contributed by atoms with Gasteiger partial charge in [-0.1, -0.05) is 50.2 Å². The Balaban J connectivity index is 2.09. The van der Waals surface area contributed by atoms with Crippen LogP contribution in [0.25, 0.3) is 16.5 Å². The van der Waals surface area contributed by atoms with Gasteiger partial charge in [-0.2, -0.15) is 9.78 Å². The number of hydrogen-bond donors (Lipinski definition) is 2. The predicted octanol–water partition coefficient (Wildman–Crippen LogP) is 1.76. The van der Waals surface area contributed by atoms with Gasteiger partial charge in [0.1, 0.15) is 0 Å². The van der Waals surface area contributed by atoms with E-state index >= 15 is 0 Å². The molecule has 9 heteroatoms. The highest BCUT2D eigenvalue weighted by Crippen LogP contribution is 2.18. The third-order valence-electron chi connectivity index (χ3n) is 4.34. The van der Waals surface area contributed by atoms with E-state index in [2.05, 4.69) is 5.10 Å². The molecule has 9 nitrogen and oxygen atoms in total. The third kappa shape index (κ3) is 4.19. The molecule has 3 aromatic rings. The topological polar surface area (TPSA) is 133 Å². The van der Waals surface area contributed by atoms with Gasteiger partial charge in [-0.25, -0.2) is 9.59 Å². The first-order valence-corrected chi connectivity index (χ1v) is 9.18. The molecule has 0 aliphatic rings. The number of carbonyl (C=O) groups is 3. The second kappa shape index (κ2) is 8.56. The lowest BCUT2D eigenvalue weighted by molar-refractivity contribution is -0.130. The van der Waals surface area contributed by atoms with E-state index in [9.17, 15) is 19.2 Å². The van der Waals surface area contributed by atoms with Crippen LogP contribution >= 0.6 is 0 Å². The lowest BCUT2D eigenvalue weighted by atomic mass is 10.1. The van der Waals surface area contributed by atoms with E-state index in [1.807, 2.05) is 5.32 Å². The monoisotopic (exact) mass is 408 g/mol. The van der Waals surface area contributed by atoms with Gasteiger partial charge < -0.3 is 10.5 Å². The Morgan fingerprint density at radius 1 is 1.00 bits per heavy atom. The average Bonchev–Trinajstić information content (AvgIpc) is 2.72. The molecule has 2 aromatic carbocycles. The molecule has 0 aliphatic carbocycles. The SMILES string of the molecule is CC(C)[C@H](OC(=O)c1nn(-c2ccccc2)c(=O)c2ccccc12)C(=O)NC(N)=O. The number of primary amides is 1. The number of imide groups is 1. The molecular weight excluding hydrogens is 388 g/mol. The van der Waals surface area contributed by atoms with Gasteiger partial charge >= 0.3 is 12.0 Å². The summed E-state index contributed by atoms with van der Waals surface area (Å²) in [7, 11) is 0. The number of nitrogens with two attached hydrogens (primary N) is 1. The first kappa shape index (κ1) is 20.7. The van der Waals surface area contributed by atoms with Crippen LogP contribution in [0.15, 0.2) is 59.4 Å². The Kier molecular flexibility index (Phi) is 5.91. The van der Waals surface area contributed by atoms with Crippen LogP contribution in [0.2, 0.25) is 0 Å². The number of carbonyl (C=O) groups excluding carboxylic acids is 3. The van der Waals surface area contributed by atoms with Crippen LogP contribution in [-0.2, 0) is 9.53 Å². The maximum absolute atomic E-state index is 13.0. The zero-order chi connectivity index (χ0) is 21.8. The van der Waals surface area contributed by atoms with Crippen molar-refractivity contribution < 1.29 is 19.1 Å². The van der Waals surface area contributed by atoms with Crippen molar-refractivity contribution in [1.29, 1.82) is 0 Å². The van der Waals surface area contributed by atoms with Crippen LogP contribution in [-0.4, -0.2) is 33.8 Å². The molecule has 1 atom stereocenters. The molecule has 30 heavy (non-hydrogen) atoms. The Morgan fingerprint density at radius 3 is 2.20 bits per heavy atom. The van der Waals surface area contributed by atoms with Crippen LogP contribution in [0.4, 0.5) is 4.79 Å². The molecule has 3 rings (SSSR count). The molecule has 0 fully saturated rings. The minimum atomic E-state index is -1.28. The lowest BCUT2D eigenvalue weighted by Gasteiger charge is -2.20. The second-order valence-electron chi connectivity index (χ2n) is 6.87. The molecule has 0 saturated carbocycles. The van der Waals surface area contributed by atoms with Crippen LogP contribution in [0.3, 0.4) is 0 Å². The minimum Gasteiger partial charge on any atom is -0.447 e. The zero-order valence-electron chi connectivity index (χ0n) is 16.4. The number of fused-ring (bicyclic) bond motifs is 1. The molecule has 0 bridgehead atoms. The fourth-order valence-corrected chi connectivity index (χ4v) is 2.94. The molecule has 1 aromatic heterocycles. The maximum atomic E-state index is 13.0. The fraction of sp³-hybridized carbons (Fsp3) is 0.190. The van der Waals surface area contributed by atoms with Gasteiger partial charge in [0.15, 0.2) is 11.8 Å². The maximum Gasteiger partial charge on any atom is 0.360 e. The number of rotatable bonds is 5. The largest absolute Gasteiger partial charge is 0.447 e. The second-order valence-corrected chi connectivity index (χ2v) is 6.87. The number of esters is 1. The summed E-state index contributed by atoms with van der Waals surface area (Å²) >= 11 is 0. The Morgan fingerprint density at radius 2 is 1.60 bits per heavy atom. The Bertz CT molecular complexity index is 1170. The van der Waals surface area contributed by atoms with Crippen molar-refractivity contribution in [2.75, 3.05) is 0 Å². The summed E-state index contributed by atoms with van der Waals surface area (Å²) in [6.07, 6.45) is -1.28. The predicted molar refractivity (Wildman–Crippen MR) is 109 cm³/mol. The summed E-state index contributed by atoms with van der Waals surface area (Å²) in [4.78, 5) is 49.1. The summed E-state index contributed by atoms with van der Waals surface area (Å²) in [5.74, 6) is -2.19. The van der Waals surface area contributed by atoms with E-state index < -0.39 is 35.5 Å². The van der Waals surface area contributed by atoms with Crippen molar-refractivity contribution in [2.24, 2.45) is 11.7 Å². The summed E-state index contributed by atoms with van der Waals surface area (Å²) in [5.41, 5.74) is 4.92. The van der Waals surface area contributed by atoms with Gasteiger partial charge in [0.2, 0.25) is 0 Å². The molecule has 0 spiro atoms. The molecule has 0 saturated heterocycles. The molecule has 1 heterocycles. The van der Waals surface area contributed by atoms with Gasteiger partial charge in [0.05, 0.1) is 11.1 Å². The standard InChI is InChI=1S/C21H20N4O5/c1-12(2)17(18(26)23-21(22)29)30-20(28)16-14-10-6-7-11-15(14)19(27)25(24-16)13-8-4-3-5-9-13/h3-12,17H,1-2H3,(H3,22,23,26,29)/t17-/m0/s1. The van der Waals surface area contributed by atoms with E-state index in [-0.39, 0.29) is 16.5 Å². The first-order chi connectivity index (χ1) is 14.3. The van der Waals surface area contributed by atoms with E-state index in [0.29, 0.717) is 5.69 Å². The van der Waals surface area contributed by atoms with Crippen molar-refractivity contribution >= 4 is 28.7 Å². The quantitative estimate of drug-likeness (QED) is 0.618. The molecule has 154 valence electrons. The zero-order valence-corrected chi connectivity index (χ0v) is 16.4. The van der Waals surface area contributed by atoms with E-state index in [4.69, 9.17) is 10.5 Å². The van der Waals surface area contributed by atoms with Gasteiger partial charge in [0.25, 0.3) is 11.5 Å². The van der Waals surface area contributed by atoms with Crippen LogP contribution in [0, 0.1) is 5.92 Å². The number of para-hydroxylation sites is 1. The van der Waals surface area contributed by atoms with Crippen LogP contribution in [0.5, 0.6) is 0 Å². The molecular formula is C21H20N4O5.